The molecule has 0 radical (unpaired) electrons. The fraction of sp³-hybridized carbons (Fsp3) is 1.00. The van der Waals surface area contributed by atoms with Gasteiger partial charge in [0.2, 0.25) is 0 Å². The number of likely N-dealkylation sites (tertiary alicyclic amines) is 1. The van der Waals surface area contributed by atoms with Gasteiger partial charge in [-0.1, -0.05) is 77.6 Å². The fourth-order valence-corrected chi connectivity index (χ4v) is 6.52. The van der Waals surface area contributed by atoms with Crippen LogP contribution in [0.3, 0.4) is 0 Å². The first-order valence-electron chi connectivity index (χ1n) is 12.8. The molecule has 3 aliphatic heterocycles. The van der Waals surface area contributed by atoms with Crippen LogP contribution in [-0.2, 0) is 0 Å². The molecule has 3 aliphatic rings. The minimum Gasteiger partial charge on any atom is -0.303 e. The topological polar surface area (TPSA) is 6.48 Å². The maximum atomic E-state index is 3.00. The molecule has 0 aromatic rings. The van der Waals surface area contributed by atoms with E-state index in [2.05, 4.69) is 23.8 Å². The van der Waals surface area contributed by atoms with Crippen LogP contribution in [0.15, 0.2) is 0 Å². The van der Waals surface area contributed by atoms with Crippen LogP contribution in [-0.4, -0.2) is 48.1 Å². The Morgan fingerprint density at radius 3 is 2.15 bits per heavy atom. The Hall–Kier alpha value is -0.0800. The van der Waals surface area contributed by atoms with Crippen molar-refractivity contribution in [2.75, 3.05) is 20.1 Å². The van der Waals surface area contributed by atoms with Gasteiger partial charge in [0.25, 0.3) is 0 Å². The molecule has 0 aliphatic carbocycles. The summed E-state index contributed by atoms with van der Waals surface area (Å²) in [6.07, 6.45) is 24.9. The van der Waals surface area contributed by atoms with Gasteiger partial charge in [0, 0.05) is 18.1 Å². The van der Waals surface area contributed by atoms with Crippen molar-refractivity contribution in [3.63, 3.8) is 0 Å². The Morgan fingerprint density at radius 1 is 0.704 bits per heavy atom. The second-order valence-electron chi connectivity index (χ2n) is 10.0. The summed E-state index contributed by atoms with van der Waals surface area (Å²) in [6, 6.07) is 2.71. The van der Waals surface area contributed by atoms with Crippen LogP contribution in [0.4, 0.5) is 0 Å². The molecule has 4 atom stereocenters. The van der Waals surface area contributed by atoms with Crippen molar-refractivity contribution in [3.8, 4) is 0 Å². The van der Waals surface area contributed by atoms with E-state index in [0.717, 1.165) is 24.0 Å². The Labute approximate surface area is 170 Å². The molecule has 3 fully saturated rings. The zero-order chi connectivity index (χ0) is 18.9. The van der Waals surface area contributed by atoms with E-state index < -0.39 is 0 Å². The monoisotopic (exact) mass is 376 g/mol. The van der Waals surface area contributed by atoms with Crippen molar-refractivity contribution in [2.45, 2.75) is 134 Å². The maximum Gasteiger partial charge on any atom is 0.0150 e. The van der Waals surface area contributed by atoms with Crippen molar-refractivity contribution in [3.05, 3.63) is 0 Å². The summed E-state index contributed by atoms with van der Waals surface area (Å²) in [7, 11) is 2.41. The quantitative estimate of drug-likeness (QED) is 0.373. The van der Waals surface area contributed by atoms with Crippen LogP contribution in [0, 0.1) is 5.92 Å². The molecule has 3 rings (SSSR count). The van der Waals surface area contributed by atoms with E-state index in [1.807, 2.05) is 0 Å². The van der Waals surface area contributed by atoms with E-state index in [1.54, 1.807) is 0 Å². The average Bonchev–Trinajstić information content (AvgIpc) is 2.70. The summed E-state index contributed by atoms with van der Waals surface area (Å²) >= 11 is 0. The van der Waals surface area contributed by atoms with Gasteiger partial charge in [0.05, 0.1) is 0 Å². The molecule has 3 saturated heterocycles. The molecule has 2 nitrogen and oxygen atoms in total. The maximum absolute atomic E-state index is 3.00. The SMILES string of the molecule is CCCCCCCCCCCC[C@@H]1C[C@@H]2[C@H](CCCN2C)[C@H]2CCCCN12. The summed E-state index contributed by atoms with van der Waals surface area (Å²) < 4.78 is 0. The molecule has 0 amide bonds. The normalized spacial score (nSPS) is 32.2. The van der Waals surface area contributed by atoms with Crippen molar-refractivity contribution in [2.24, 2.45) is 5.92 Å². The van der Waals surface area contributed by atoms with Crippen molar-refractivity contribution in [1.82, 2.24) is 9.80 Å². The highest BCUT2D eigenvalue weighted by atomic mass is 15.3. The van der Waals surface area contributed by atoms with E-state index in [0.29, 0.717) is 0 Å². The average molecular weight is 377 g/mol. The molecule has 27 heavy (non-hydrogen) atoms. The van der Waals surface area contributed by atoms with Crippen LogP contribution in [0.1, 0.15) is 116 Å². The van der Waals surface area contributed by atoms with Gasteiger partial charge >= 0.3 is 0 Å². The lowest BCUT2D eigenvalue weighted by atomic mass is 9.72. The number of piperidine rings is 3. The second kappa shape index (κ2) is 11.8. The number of rotatable bonds is 11. The molecule has 0 aromatic carbocycles. The van der Waals surface area contributed by atoms with Crippen LogP contribution >= 0.6 is 0 Å². The Morgan fingerprint density at radius 2 is 1.41 bits per heavy atom. The number of nitrogens with zero attached hydrogens (tertiary/aromatic N) is 2. The highest BCUT2D eigenvalue weighted by Gasteiger charge is 2.45. The predicted octanol–water partition coefficient (Wildman–Crippen LogP) is 6.63. The number of fused-ring (bicyclic) bond motifs is 3. The van der Waals surface area contributed by atoms with E-state index in [4.69, 9.17) is 0 Å². The first kappa shape index (κ1) is 21.6. The van der Waals surface area contributed by atoms with Crippen LogP contribution in [0.2, 0.25) is 0 Å². The first-order valence-corrected chi connectivity index (χ1v) is 12.8. The van der Waals surface area contributed by atoms with Gasteiger partial charge in [-0.3, -0.25) is 4.90 Å². The lowest BCUT2D eigenvalue weighted by molar-refractivity contribution is -0.0593. The molecule has 0 bridgehead atoms. The van der Waals surface area contributed by atoms with Gasteiger partial charge in [-0.2, -0.15) is 0 Å². The summed E-state index contributed by atoms with van der Waals surface area (Å²) in [5, 5.41) is 0. The fourth-order valence-electron chi connectivity index (χ4n) is 6.52. The van der Waals surface area contributed by atoms with Crippen molar-refractivity contribution in [1.29, 1.82) is 0 Å². The summed E-state index contributed by atoms with van der Waals surface area (Å²) in [5.74, 6) is 0.980. The lowest BCUT2D eigenvalue weighted by Crippen LogP contribution is -2.62. The predicted molar refractivity (Wildman–Crippen MR) is 118 cm³/mol. The van der Waals surface area contributed by atoms with E-state index >= 15 is 0 Å². The van der Waals surface area contributed by atoms with Crippen LogP contribution in [0.25, 0.3) is 0 Å². The highest BCUT2D eigenvalue weighted by Crippen LogP contribution is 2.41. The standard InChI is InChI=1S/C25H48N2/c1-3-4-5-6-7-8-9-10-11-12-16-22-21-25-23(17-15-19-26(25)2)24-18-13-14-20-27(22)24/h22-25H,3-21H2,1-2H3/t22-,23-,24-,25-/m1/s1. The summed E-state index contributed by atoms with van der Waals surface area (Å²) in [5.41, 5.74) is 0. The zero-order valence-electron chi connectivity index (χ0n) is 18.6. The summed E-state index contributed by atoms with van der Waals surface area (Å²) in [4.78, 5) is 5.73. The van der Waals surface area contributed by atoms with Gasteiger partial charge in [-0.05, 0) is 64.6 Å². The Kier molecular flexibility index (Phi) is 9.46. The lowest BCUT2D eigenvalue weighted by Gasteiger charge is -2.56. The molecule has 0 N–H and O–H groups in total. The number of unbranched alkanes of at least 4 members (excludes halogenated alkanes) is 9. The smallest absolute Gasteiger partial charge is 0.0150 e. The largest absolute Gasteiger partial charge is 0.303 e. The summed E-state index contributed by atoms with van der Waals surface area (Å²) in [6.45, 7) is 5.06. The Bertz CT molecular complexity index is 396. The highest BCUT2D eigenvalue weighted by molar-refractivity contribution is 5.01. The molecular weight excluding hydrogens is 328 g/mol. The Balaban J connectivity index is 1.35. The van der Waals surface area contributed by atoms with Gasteiger partial charge < -0.3 is 4.90 Å². The third-order valence-corrected chi connectivity index (χ3v) is 8.07. The van der Waals surface area contributed by atoms with Gasteiger partial charge in [0.1, 0.15) is 0 Å². The molecule has 0 unspecified atom stereocenters. The molecule has 0 saturated carbocycles. The second-order valence-corrected chi connectivity index (χ2v) is 10.0. The molecule has 0 spiro atoms. The molecule has 0 aromatic heterocycles. The molecule has 3 heterocycles. The minimum absolute atomic E-state index is 0.895. The van der Waals surface area contributed by atoms with E-state index in [-0.39, 0.29) is 0 Å². The van der Waals surface area contributed by atoms with E-state index in [1.165, 1.54) is 122 Å². The number of hydrogen-bond acceptors (Lipinski definition) is 2. The third kappa shape index (κ3) is 6.20. The molecule has 2 heteroatoms. The van der Waals surface area contributed by atoms with E-state index in [9.17, 15) is 0 Å². The van der Waals surface area contributed by atoms with Crippen LogP contribution < -0.4 is 0 Å². The zero-order valence-corrected chi connectivity index (χ0v) is 18.6. The third-order valence-electron chi connectivity index (χ3n) is 8.07. The van der Waals surface area contributed by atoms with Crippen molar-refractivity contribution < 1.29 is 0 Å². The van der Waals surface area contributed by atoms with Crippen LogP contribution in [0.5, 0.6) is 0 Å². The van der Waals surface area contributed by atoms with Crippen molar-refractivity contribution >= 4 is 0 Å². The minimum atomic E-state index is 0.895. The van der Waals surface area contributed by atoms with Gasteiger partial charge in [-0.15, -0.1) is 0 Å². The van der Waals surface area contributed by atoms with Gasteiger partial charge in [0.15, 0.2) is 0 Å². The first-order chi connectivity index (χ1) is 13.3. The molecule has 158 valence electrons. The number of hydrogen-bond donors (Lipinski definition) is 0. The van der Waals surface area contributed by atoms with Gasteiger partial charge in [-0.25, -0.2) is 0 Å². The molecular formula is C25H48N2.